The van der Waals surface area contributed by atoms with Crippen LogP contribution < -0.4 is 10.2 Å². The Morgan fingerprint density at radius 2 is 1.78 bits per heavy atom. The molecular weight excluding hydrogens is 338 g/mol. The highest BCUT2D eigenvalue weighted by molar-refractivity contribution is 5.96. The molecule has 5 heteroatoms. The van der Waals surface area contributed by atoms with Crippen LogP contribution in [0.5, 0.6) is 0 Å². The zero-order valence-corrected chi connectivity index (χ0v) is 15.8. The van der Waals surface area contributed by atoms with Crippen LogP contribution in [0.1, 0.15) is 31.7 Å². The molecule has 1 saturated heterocycles. The fourth-order valence-electron chi connectivity index (χ4n) is 3.33. The first-order chi connectivity index (χ1) is 13.2. The van der Waals surface area contributed by atoms with Crippen LogP contribution in [-0.2, 0) is 11.3 Å². The average Bonchev–Trinajstić information content (AvgIpc) is 3.06. The minimum atomic E-state index is -0.162. The standard InChI is InChI=1S/C22H27N3O2/c1-2-3-14-24(16-18-10-6-4-7-11-18)22(27)23-19-15-21(26)25(17-19)20-12-8-5-9-13-20/h4-13,19H,2-3,14-17H2,1H3,(H,23,27)/t19-/m1/s1. The topological polar surface area (TPSA) is 52.7 Å². The first-order valence-corrected chi connectivity index (χ1v) is 9.62. The first-order valence-electron chi connectivity index (χ1n) is 9.62. The molecule has 0 radical (unpaired) electrons. The molecule has 1 fully saturated rings. The fraction of sp³-hybridized carbons (Fsp3) is 0.364. The first kappa shape index (κ1) is 19.0. The fourth-order valence-corrected chi connectivity index (χ4v) is 3.33. The van der Waals surface area contributed by atoms with Crippen molar-refractivity contribution in [2.45, 2.75) is 38.8 Å². The number of nitrogens with one attached hydrogen (secondary N) is 1. The van der Waals surface area contributed by atoms with Crippen molar-refractivity contribution in [3.63, 3.8) is 0 Å². The molecular formula is C22H27N3O2. The normalized spacial score (nSPS) is 16.4. The molecule has 5 nitrogen and oxygen atoms in total. The van der Waals surface area contributed by atoms with E-state index in [0.717, 1.165) is 24.1 Å². The molecule has 3 rings (SSSR count). The van der Waals surface area contributed by atoms with Crippen molar-refractivity contribution in [2.75, 3.05) is 18.0 Å². The van der Waals surface area contributed by atoms with Crippen LogP contribution in [0.15, 0.2) is 60.7 Å². The van der Waals surface area contributed by atoms with E-state index in [9.17, 15) is 9.59 Å². The summed E-state index contributed by atoms with van der Waals surface area (Å²) >= 11 is 0. The van der Waals surface area contributed by atoms with Crippen molar-refractivity contribution in [1.82, 2.24) is 10.2 Å². The van der Waals surface area contributed by atoms with Crippen LogP contribution in [0, 0.1) is 0 Å². The Morgan fingerprint density at radius 3 is 2.44 bits per heavy atom. The highest BCUT2D eigenvalue weighted by Crippen LogP contribution is 2.21. The van der Waals surface area contributed by atoms with Gasteiger partial charge in [0, 0.05) is 31.7 Å². The maximum atomic E-state index is 12.8. The number of nitrogens with zero attached hydrogens (tertiary/aromatic N) is 2. The van der Waals surface area contributed by atoms with Gasteiger partial charge in [0.25, 0.3) is 0 Å². The Morgan fingerprint density at radius 1 is 1.11 bits per heavy atom. The number of urea groups is 1. The van der Waals surface area contributed by atoms with Gasteiger partial charge < -0.3 is 15.1 Å². The molecule has 0 aliphatic carbocycles. The van der Waals surface area contributed by atoms with E-state index in [2.05, 4.69) is 12.2 Å². The summed E-state index contributed by atoms with van der Waals surface area (Å²) in [6, 6.07) is 19.4. The summed E-state index contributed by atoms with van der Waals surface area (Å²) in [4.78, 5) is 28.8. The van der Waals surface area contributed by atoms with Gasteiger partial charge in [0.05, 0.1) is 6.04 Å². The third kappa shape index (κ3) is 5.09. The monoisotopic (exact) mass is 365 g/mol. The molecule has 2 aromatic carbocycles. The van der Waals surface area contributed by atoms with E-state index >= 15 is 0 Å². The Balaban J connectivity index is 1.62. The SMILES string of the molecule is CCCCN(Cc1ccccc1)C(=O)N[C@@H]1CC(=O)N(c2ccccc2)C1. The van der Waals surface area contributed by atoms with Crippen LogP contribution in [0.25, 0.3) is 0 Å². The largest absolute Gasteiger partial charge is 0.333 e. The number of hydrogen-bond acceptors (Lipinski definition) is 2. The van der Waals surface area contributed by atoms with Crippen LogP contribution in [0.3, 0.4) is 0 Å². The summed E-state index contributed by atoms with van der Waals surface area (Å²) in [6.07, 6.45) is 2.33. The van der Waals surface area contributed by atoms with Gasteiger partial charge in [-0.2, -0.15) is 0 Å². The number of benzene rings is 2. The van der Waals surface area contributed by atoms with E-state index < -0.39 is 0 Å². The second-order valence-electron chi connectivity index (χ2n) is 6.95. The zero-order chi connectivity index (χ0) is 19.1. The number of hydrogen-bond donors (Lipinski definition) is 1. The van der Waals surface area contributed by atoms with Gasteiger partial charge in [-0.05, 0) is 24.1 Å². The third-order valence-electron chi connectivity index (χ3n) is 4.81. The Labute approximate surface area is 161 Å². The second kappa shape index (κ2) is 9.21. The third-order valence-corrected chi connectivity index (χ3v) is 4.81. The summed E-state index contributed by atoms with van der Waals surface area (Å²) < 4.78 is 0. The van der Waals surface area contributed by atoms with E-state index in [1.54, 1.807) is 4.90 Å². The number of rotatable bonds is 7. The average molecular weight is 365 g/mol. The minimum Gasteiger partial charge on any atom is -0.333 e. The Kier molecular flexibility index (Phi) is 6.47. The van der Waals surface area contributed by atoms with Gasteiger partial charge in [-0.15, -0.1) is 0 Å². The van der Waals surface area contributed by atoms with Crippen LogP contribution in [0.2, 0.25) is 0 Å². The van der Waals surface area contributed by atoms with Crippen LogP contribution >= 0.6 is 0 Å². The quantitative estimate of drug-likeness (QED) is 0.811. The number of carbonyl (C=O) groups is 2. The Bertz CT molecular complexity index is 749. The molecule has 0 bridgehead atoms. The van der Waals surface area contributed by atoms with Gasteiger partial charge in [0.15, 0.2) is 0 Å². The van der Waals surface area contributed by atoms with Gasteiger partial charge in [0.1, 0.15) is 0 Å². The summed E-state index contributed by atoms with van der Waals surface area (Å²) in [5.74, 6) is 0.0506. The lowest BCUT2D eigenvalue weighted by atomic mass is 10.2. The van der Waals surface area contributed by atoms with Crippen molar-refractivity contribution in [3.8, 4) is 0 Å². The van der Waals surface area contributed by atoms with Gasteiger partial charge in [-0.3, -0.25) is 4.79 Å². The lowest BCUT2D eigenvalue weighted by Crippen LogP contribution is -2.45. The molecule has 1 aliphatic heterocycles. The van der Waals surface area contributed by atoms with Crippen molar-refractivity contribution < 1.29 is 9.59 Å². The molecule has 0 unspecified atom stereocenters. The second-order valence-corrected chi connectivity index (χ2v) is 6.95. The van der Waals surface area contributed by atoms with Crippen molar-refractivity contribution >= 4 is 17.6 Å². The highest BCUT2D eigenvalue weighted by Gasteiger charge is 2.32. The minimum absolute atomic E-state index is 0.0506. The molecule has 1 N–H and O–H groups in total. The van der Waals surface area contributed by atoms with Crippen LogP contribution in [-0.4, -0.2) is 36.0 Å². The van der Waals surface area contributed by atoms with E-state index in [1.165, 1.54) is 0 Å². The molecule has 142 valence electrons. The number of unbranched alkanes of at least 4 members (excludes halogenated alkanes) is 1. The van der Waals surface area contributed by atoms with Gasteiger partial charge >= 0.3 is 6.03 Å². The van der Waals surface area contributed by atoms with Crippen molar-refractivity contribution in [3.05, 3.63) is 66.2 Å². The van der Waals surface area contributed by atoms with Crippen molar-refractivity contribution in [1.29, 1.82) is 0 Å². The van der Waals surface area contributed by atoms with E-state index in [1.807, 2.05) is 65.6 Å². The Hall–Kier alpha value is -2.82. The predicted molar refractivity (Wildman–Crippen MR) is 107 cm³/mol. The molecule has 2 aromatic rings. The molecule has 27 heavy (non-hydrogen) atoms. The lowest BCUT2D eigenvalue weighted by molar-refractivity contribution is -0.117. The van der Waals surface area contributed by atoms with E-state index in [-0.39, 0.29) is 18.0 Å². The molecule has 0 aromatic heterocycles. The summed E-state index contributed by atoms with van der Waals surface area (Å²) in [7, 11) is 0. The predicted octanol–water partition coefficient (Wildman–Crippen LogP) is 3.80. The van der Waals surface area contributed by atoms with E-state index in [0.29, 0.717) is 26.1 Å². The van der Waals surface area contributed by atoms with Gasteiger partial charge in [-0.1, -0.05) is 61.9 Å². The van der Waals surface area contributed by atoms with Crippen molar-refractivity contribution in [2.24, 2.45) is 0 Å². The zero-order valence-electron chi connectivity index (χ0n) is 15.8. The molecule has 1 aliphatic rings. The number of anilines is 1. The molecule has 1 atom stereocenters. The highest BCUT2D eigenvalue weighted by atomic mass is 16.2. The number of para-hydroxylation sites is 1. The molecule has 0 saturated carbocycles. The number of amides is 3. The molecule has 1 heterocycles. The maximum absolute atomic E-state index is 12.8. The smallest absolute Gasteiger partial charge is 0.317 e. The summed E-state index contributed by atoms with van der Waals surface area (Å²) in [5, 5.41) is 3.06. The van der Waals surface area contributed by atoms with Crippen LogP contribution in [0.4, 0.5) is 10.5 Å². The molecule has 0 spiro atoms. The maximum Gasteiger partial charge on any atom is 0.317 e. The molecule has 3 amide bonds. The van der Waals surface area contributed by atoms with E-state index in [4.69, 9.17) is 0 Å². The summed E-state index contributed by atoms with van der Waals surface area (Å²) in [5.41, 5.74) is 1.99. The van der Waals surface area contributed by atoms with Gasteiger partial charge in [-0.25, -0.2) is 4.79 Å². The number of carbonyl (C=O) groups excluding carboxylic acids is 2. The summed E-state index contributed by atoms with van der Waals surface area (Å²) in [6.45, 7) is 3.92. The lowest BCUT2D eigenvalue weighted by Gasteiger charge is -2.25. The van der Waals surface area contributed by atoms with Gasteiger partial charge in [0.2, 0.25) is 5.91 Å².